The minimum Gasteiger partial charge on any atom is -0.491 e. The fourth-order valence-electron chi connectivity index (χ4n) is 1.68. The van der Waals surface area contributed by atoms with E-state index < -0.39 is 11.8 Å². The molecule has 0 aliphatic rings. The number of carbonyl (C=O) groups excluding carboxylic acids is 1. The number of nitrogens with zero attached hydrogens (tertiary/aromatic N) is 1. The first-order valence-corrected chi connectivity index (χ1v) is 5.95. The monoisotopic (exact) mass is 283 g/mol. The number of fused-ring (bicyclic) bond motifs is 1. The van der Waals surface area contributed by atoms with Gasteiger partial charge in [0.2, 0.25) is 0 Å². The van der Waals surface area contributed by atoms with Crippen LogP contribution < -0.4 is 4.74 Å². The lowest BCUT2D eigenvalue weighted by Crippen LogP contribution is -2.04. The quantitative estimate of drug-likeness (QED) is 0.812. The van der Waals surface area contributed by atoms with Crippen molar-refractivity contribution in [3.63, 3.8) is 0 Å². The summed E-state index contributed by atoms with van der Waals surface area (Å²) in [5.41, 5.74) is 0.476. The highest BCUT2D eigenvalue weighted by Crippen LogP contribution is 2.31. The number of pyridine rings is 1. The van der Waals surface area contributed by atoms with Crippen LogP contribution in [-0.2, 0) is 4.74 Å². The highest BCUT2D eigenvalue weighted by molar-refractivity contribution is 6.38. The molecule has 0 radical (unpaired) electrons. The fraction of sp³-hybridized carbons (Fsp3) is 0.231. The van der Waals surface area contributed by atoms with E-state index in [2.05, 4.69) is 9.72 Å². The molecule has 0 aliphatic carbocycles. The Balaban J connectivity index is 2.66. The molecule has 0 unspecified atom stereocenters. The van der Waals surface area contributed by atoms with Crippen molar-refractivity contribution in [3.05, 3.63) is 34.7 Å². The van der Waals surface area contributed by atoms with Crippen LogP contribution >= 0.6 is 11.6 Å². The van der Waals surface area contributed by atoms with Crippen LogP contribution in [0.1, 0.15) is 17.3 Å². The smallest absolute Gasteiger partial charge is 0.340 e. The van der Waals surface area contributed by atoms with Crippen LogP contribution in [0.25, 0.3) is 10.9 Å². The Labute approximate surface area is 114 Å². The second-order valence-corrected chi connectivity index (χ2v) is 4.09. The Morgan fingerprint density at radius 1 is 1.47 bits per heavy atom. The van der Waals surface area contributed by atoms with Crippen LogP contribution in [0.5, 0.6) is 5.75 Å². The molecule has 0 bridgehead atoms. The third kappa shape index (κ3) is 2.46. The number of benzene rings is 1. The maximum Gasteiger partial charge on any atom is 0.340 e. The first kappa shape index (κ1) is 13.5. The number of rotatable bonds is 3. The number of aromatic nitrogens is 1. The van der Waals surface area contributed by atoms with Crippen LogP contribution in [0.4, 0.5) is 4.39 Å². The predicted molar refractivity (Wildman–Crippen MR) is 69.2 cm³/mol. The standard InChI is InChI=1S/C13H11ClFNO3/c1-3-19-11-4-7-10(5-9(11)15)16-6-8(12(7)14)13(17)18-2/h4-6H,3H2,1-2H3. The second-order valence-electron chi connectivity index (χ2n) is 3.71. The molecule has 0 amide bonds. The summed E-state index contributed by atoms with van der Waals surface area (Å²) >= 11 is 6.12. The third-order valence-corrected chi connectivity index (χ3v) is 2.97. The lowest BCUT2D eigenvalue weighted by molar-refractivity contribution is 0.0600. The van der Waals surface area contributed by atoms with Crippen LogP contribution in [-0.4, -0.2) is 24.7 Å². The van der Waals surface area contributed by atoms with E-state index in [4.69, 9.17) is 16.3 Å². The fourth-order valence-corrected chi connectivity index (χ4v) is 1.96. The molecule has 100 valence electrons. The number of esters is 1. The molecule has 0 atom stereocenters. The second kappa shape index (κ2) is 5.40. The van der Waals surface area contributed by atoms with Gasteiger partial charge in [-0.2, -0.15) is 0 Å². The van der Waals surface area contributed by atoms with E-state index in [1.807, 2.05) is 0 Å². The third-order valence-electron chi connectivity index (χ3n) is 2.56. The number of hydrogen-bond donors (Lipinski definition) is 0. The summed E-state index contributed by atoms with van der Waals surface area (Å²) in [7, 11) is 1.25. The topological polar surface area (TPSA) is 48.4 Å². The van der Waals surface area contributed by atoms with E-state index in [9.17, 15) is 9.18 Å². The number of halogens is 2. The van der Waals surface area contributed by atoms with Crippen molar-refractivity contribution in [1.29, 1.82) is 0 Å². The summed E-state index contributed by atoms with van der Waals surface area (Å²) < 4.78 is 23.4. The van der Waals surface area contributed by atoms with Crippen molar-refractivity contribution in [3.8, 4) is 5.75 Å². The summed E-state index contributed by atoms with van der Waals surface area (Å²) in [6.45, 7) is 2.07. The zero-order valence-electron chi connectivity index (χ0n) is 10.4. The van der Waals surface area contributed by atoms with Gasteiger partial charge in [-0.3, -0.25) is 4.98 Å². The lowest BCUT2D eigenvalue weighted by atomic mass is 10.1. The number of ether oxygens (including phenoxy) is 2. The van der Waals surface area contributed by atoms with Gasteiger partial charge < -0.3 is 9.47 Å². The molecule has 0 saturated heterocycles. The maximum atomic E-state index is 13.7. The average molecular weight is 284 g/mol. The zero-order valence-corrected chi connectivity index (χ0v) is 11.1. The average Bonchev–Trinajstić information content (AvgIpc) is 2.40. The van der Waals surface area contributed by atoms with Gasteiger partial charge in [-0.05, 0) is 13.0 Å². The van der Waals surface area contributed by atoms with Crippen LogP contribution in [0, 0.1) is 5.82 Å². The molecule has 0 N–H and O–H groups in total. The van der Waals surface area contributed by atoms with Crippen molar-refractivity contribution < 1.29 is 18.7 Å². The number of hydrogen-bond acceptors (Lipinski definition) is 4. The highest BCUT2D eigenvalue weighted by Gasteiger charge is 2.16. The van der Waals surface area contributed by atoms with Gasteiger partial charge in [0, 0.05) is 17.6 Å². The molecule has 4 nitrogen and oxygen atoms in total. The van der Waals surface area contributed by atoms with E-state index in [1.165, 1.54) is 25.4 Å². The highest BCUT2D eigenvalue weighted by atomic mass is 35.5. The normalized spacial score (nSPS) is 10.5. The molecule has 2 rings (SSSR count). The van der Waals surface area contributed by atoms with Crippen LogP contribution in [0.15, 0.2) is 18.3 Å². The molecule has 6 heteroatoms. The van der Waals surface area contributed by atoms with Gasteiger partial charge in [-0.25, -0.2) is 9.18 Å². The summed E-state index contributed by atoms with van der Waals surface area (Å²) in [6, 6.07) is 2.64. The van der Waals surface area contributed by atoms with Gasteiger partial charge in [0.1, 0.15) is 0 Å². The first-order valence-electron chi connectivity index (χ1n) is 5.57. The van der Waals surface area contributed by atoms with Gasteiger partial charge in [0.05, 0.1) is 29.8 Å². The summed E-state index contributed by atoms with van der Waals surface area (Å²) in [5.74, 6) is -1.05. The van der Waals surface area contributed by atoms with Gasteiger partial charge >= 0.3 is 5.97 Å². The molecule has 0 spiro atoms. The number of carbonyl (C=O) groups is 1. The summed E-state index contributed by atoms with van der Waals surface area (Å²) in [4.78, 5) is 15.5. The Kier molecular flexibility index (Phi) is 3.85. The Morgan fingerprint density at radius 3 is 2.84 bits per heavy atom. The maximum absolute atomic E-state index is 13.7. The molecule has 2 aromatic rings. The Hall–Kier alpha value is -1.88. The molecule has 0 fully saturated rings. The van der Waals surface area contributed by atoms with Gasteiger partial charge in [-0.15, -0.1) is 0 Å². The molecular formula is C13H11ClFNO3. The van der Waals surface area contributed by atoms with Gasteiger partial charge in [0.15, 0.2) is 11.6 Å². The molecular weight excluding hydrogens is 273 g/mol. The van der Waals surface area contributed by atoms with Crippen molar-refractivity contribution in [2.45, 2.75) is 6.92 Å². The molecule has 1 heterocycles. The van der Waals surface area contributed by atoms with E-state index in [0.717, 1.165) is 0 Å². The predicted octanol–water partition coefficient (Wildman–Crippen LogP) is 3.21. The van der Waals surface area contributed by atoms with Crippen LogP contribution in [0.3, 0.4) is 0 Å². The van der Waals surface area contributed by atoms with Gasteiger partial charge in [-0.1, -0.05) is 11.6 Å². The molecule has 1 aromatic heterocycles. The van der Waals surface area contributed by atoms with Crippen molar-refractivity contribution in [1.82, 2.24) is 4.98 Å². The minimum atomic E-state index is -0.596. The van der Waals surface area contributed by atoms with Crippen LogP contribution in [0.2, 0.25) is 5.02 Å². The largest absolute Gasteiger partial charge is 0.491 e. The Bertz CT molecular complexity index is 645. The van der Waals surface area contributed by atoms with E-state index in [1.54, 1.807) is 6.92 Å². The van der Waals surface area contributed by atoms with Crippen molar-refractivity contribution >= 4 is 28.5 Å². The molecule has 19 heavy (non-hydrogen) atoms. The molecule has 1 aromatic carbocycles. The van der Waals surface area contributed by atoms with Gasteiger partial charge in [0.25, 0.3) is 0 Å². The minimum absolute atomic E-state index is 0.0701. The van der Waals surface area contributed by atoms with Crippen molar-refractivity contribution in [2.75, 3.05) is 13.7 Å². The molecule has 0 saturated carbocycles. The van der Waals surface area contributed by atoms with E-state index >= 15 is 0 Å². The zero-order chi connectivity index (χ0) is 14.0. The first-order chi connectivity index (χ1) is 9.08. The lowest BCUT2D eigenvalue weighted by Gasteiger charge is -2.09. The van der Waals surface area contributed by atoms with E-state index in [0.29, 0.717) is 17.5 Å². The van der Waals surface area contributed by atoms with Crippen molar-refractivity contribution in [2.24, 2.45) is 0 Å². The Morgan fingerprint density at radius 2 is 2.21 bits per heavy atom. The molecule has 0 aliphatic heterocycles. The summed E-state index contributed by atoms with van der Waals surface area (Å²) in [5, 5.41) is 0.604. The number of methoxy groups -OCH3 is 1. The summed E-state index contributed by atoms with van der Waals surface area (Å²) in [6.07, 6.45) is 1.26. The van der Waals surface area contributed by atoms with E-state index in [-0.39, 0.29) is 16.3 Å². The SMILES string of the molecule is CCOc1cc2c(Cl)c(C(=O)OC)cnc2cc1F.